The minimum Gasteiger partial charge on any atom is -0.414 e. The third-order valence-corrected chi connectivity index (χ3v) is 4.21. The number of aromatic nitrogens is 2. The van der Waals surface area contributed by atoms with Gasteiger partial charge in [0.2, 0.25) is 5.88 Å². The summed E-state index contributed by atoms with van der Waals surface area (Å²) in [4.78, 5) is 11.2. The molecule has 23 heavy (non-hydrogen) atoms. The van der Waals surface area contributed by atoms with E-state index in [-0.39, 0.29) is 17.5 Å². The van der Waals surface area contributed by atoms with Crippen molar-refractivity contribution >= 4 is 23.2 Å². The molecule has 2 heterocycles. The Morgan fingerprint density at radius 3 is 2.78 bits per heavy atom. The van der Waals surface area contributed by atoms with E-state index in [1.807, 2.05) is 0 Å². The number of aromatic amines is 1. The van der Waals surface area contributed by atoms with Gasteiger partial charge in [-0.25, -0.2) is 0 Å². The number of hydrogen-bond acceptors (Lipinski definition) is 5. The van der Waals surface area contributed by atoms with E-state index in [0.717, 1.165) is 0 Å². The van der Waals surface area contributed by atoms with Crippen LogP contribution in [0.1, 0.15) is 22.7 Å². The van der Waals surface area contributed by atoms with Gasteiger partial charge in [0.1, 0.15) is 5.92 Å². The number of ether oxygens (including phenoxy) is 1. The minimum atomic E-state index is -0.722. The summed E-state index contributed by atoms with van der Waals surface area (Å²) >= 11 is 12.2. The molecule has 0 saturated carbocycles. The van der Waals surface area contributed by atoms with Crippen molar-refractivity contribution in [2.75, 3.05) is 7.05 Å². The van der Waals surface area contributed by atoms with Crippen molar-refractivity contribution in [2.45, 2.75) is 12.8 Å². The first-order chi connectivity index (χ1) is 10.9. The van der Waals surface area contributed by atoms with E-state index in [9.17, 15) is 10.1 Å². The Hall–Kier alpha value is -2.25. The molecular formula is C14H12Cl2N4O3. The number of H-pyrrole nitrogens is 1. The molecule has 0 bridgehead atoms. The van der Waals surface area contributed by atoms with Crippen LogP contribution in [-0.4, -0.2) is 22.2 Å². The Balaban J connectivity index is 2.30. The maximum absolute atomic E-state index is 11.7. The lowest BCUT2D eigenvalue weighted by Crippen LogP contribution is -2.28. The Bertz CT molecular complexity index is 831. The highest BCUT2D eigenvalue weighted by molar-refractivity contribution is 6.35. The fourth-order valence-corrected chi connectivity index (χ4v) is 3.17. The molecule has 0 spiro atoms. The number of nitro groups is 1. The van der Waals surface area contributed by atoms with E-state index in [0.29, 0.717) is 26.9 Å². The lowest BCUT2D eigenvalue weighted by atomic mass is 9.87. The number of aryl methyl sites for hydroxylation is 1. The molecule has 1 atom stereocenters. The quantitative estimate of drug-likeness (QED) is 0.651. The predicted octanol–water partition coefficient (Wildman–Crippen LogP) is 3.21. The monoisotopic (exact) mass is 354 g/mol. The second-order valence-corrected chi connectivity index (χ2v) is 5.83. The standard InChI is InChI=1S/C14H12Cl2N4O3/c1-6-10-11(8-4-3-7(15)5-9(8)16)12(20(21)22)14(17-2)23-13(10)19-18-6/h3-5,11,17H,1-2H3,(H,18,19). The van der Waals surface area contributed by atoms with Crippen LogP contribution in [0.15, 0.2) is 29.8 Å². The number of rotatable bonds is 3. The SMILES string of the molecule is CNC1=C([N+](=O)[O-])C(c2ccc(Cl)cc2Cl)c2c(n[nH]c2C)O1. The highest BCUT2D eigenvalue weighted by Crippen LogP contribution is 2.45. The molecular weight excluding hydrogens is 343 g/mol. The average Bonchev–Trinajstić information content (AvgIpc) is 2.87. The van der Waals surface area contributed by atoms with Crippen molar-refractivity contribution < 1.29 is 9.66 Å². The molecule has 1 aliphatic rings. The van der Waals surface area contributed by atoms with Crippen LogP contribution in [0.25, 0.3) is 0 Å². The van der Waals surface area contributed by atoms with E-state index in [1.54, 1.807) is 32.2 Å². The number of hydrogen-bond donors (Lipinski definition) is 2. The second kappa shape index (κ2) is 5.75. The number of benzene rings is 1. The van der Waals surface area contributed by atoms with Gasteiger partial charge in [0.15, 0.2) is 0 Å². The molecule has 0 fully saturated rings. The largest absolute Gasteiger partial charge is 0.414 e. The zero-order valence-electron chi connectivity index (χ0n) is 12.2. The molecule has 0 radical (unpaired) electrons. The molecule has 0 aliphatic carbocycles. The number of halogens is 2. The normalized spacial score (nSPS) is 16.8. The van der Waals surface area contributed by atoms with Crippen LogP contribution >= 0.6 is 23.2 Å². The fraction of sp³-hybridized carbons (Fsp3) is 0.214. The molecule has 2 N–H and O–H groups in total. The number of nitrogens with one attached hydrogen (secondary N) is 2. The molecule has 7 nitrogen and oxygen atoms in total. The molecule has 1 unspecified atom stereocenters. The first kappa shape index (κ1) is 15.6. The first-order valence-electron chi connectivity index (χ1n) is 6.68. The van der Waals surface area contributed by atoms with Crippen LogP contribution in [0.5, 0.6) is 5.88 Å². The van der Waals surface area contributed by atoms with E-state index < -0.39 is 10.8 Å². The third-order valence-electron chi connectivity index (χ3n) is 3.65. The highest BCUT2D eigenvalue weighted by atomic mass is 35.5. The van der Waals surface area contributed by atoms with Crippen molar-refractivity contribution in [3.63, 3.8) is 0 Å². The van der Waals surface area contributed by atoms with Crippen molar-refractivity contribution in [3.8, 4) is 5.88 Å². The topological polar surface area (TPSA) is 93.1 Å². The fourth-order valence-electron chi connectivity index (χ4n) is 2.66. The van der Waals surface area contributed by atoms with Gasteiger partial charge in [0.25, 0.3) is 5.88 Å². The molecule has 1 aromatic carbocycles. The van der Waals surface area contributed by atoms with Gasteiger partial charge < -0.3 is 10.1 Å². The number of allylic oxidation sites excluding steroid dienone is 1. The van der Waals surface area contributed by atoms with Crippen molar-refractivity contribution in [3.05, 3.63) is 66.8 Å². The zero-order chi connectivity index (χ0) is 16.7. The van der Waals surface area contributed by atoms with Crippen molar-refractivity contribution in [1.29, 1.82) is 0 Å². The Morgan fingerprint density at radius 1 is 1.43 bits per heavy atom. The molecule has 3 rings (SSSR count). The second-order valence-electron chi connectivity index (χ2n) is 4.99. The van der Waals surface area contributed by atoms with Crippen LogP contribution in [0.2, 0.25) is 10.0 Å². The lowest BCUT2D eigenvalue weighted by molar-refractivity contribution is -0.432. The summed E-state index contributed by atoms with van der Waals surface area (Å²) in [6, 6.07) is 4.87. The van der Waals surface area contributed by atoms with Crippen LogP contribution in [0, 0.1) is 17.0 Å². The van der Waals surface area contributed by atoms with Crippen LogP contribution in [0.3, 0.4) is 0 Å². The maximum atomic E-state index is 11.7. The minimum absolute atomic E-state index is 0.0324. The summed E-state index contributed by atoms with van der Waals surface area (Å²) in [7, 11) is 1.55. The smallest absolute Gasteiger partial charge is 0.317 e. The van der Waals surface area contributed by atoms with Gasteiger partial charge in [0, 0.05) is 22.8 Å². The highest BCUT2D eigenvalue weighted by Gasteiger charge is 2.43. The summed E-state index contributed by atoms with van der Waals surface area (Å²) in [5, 5.41) is 22.0. The van der Waals surface area contributed by atoms with Gasteiger partial charge in [0.05, 0.1) is 10.5 Å². The first-order valence-corrected chi connectivity index (χ1v) is 7.43. The van der Waals surface area contributed by atoms with Crippen molar-refractivity contribution in [1.82, 2.24) is 15.5 Å². The molecule has 0 saturated heterocycles. The van der Waals surface area contributed by atoms with Gasteiger partial charge in [-0.1, -0.05) is 29.3 Å². The molecule has 2 aromatic rings. The van der Waals surface area contributed by atoms with E-state index in [2.05, 4.69) is 15.5 Å². The van der Waals surface area contributed by atoms with Gasteiger partial charge in [-0.05, 0) is 24.6 Å². The Kier molecular flexibility index (Phi) is 3.91. The van der Waals surface area contributed by atoms with Gasteiger partial charge >= 0.3 is 5.70 Å². The molecule has 1 aliphatic heterocycles. The summed E-state index contributed by atoms with van der Waals surface area (Å²) < 4.78 is 5.51. The van der Waals surface area contributed by atoms with E-state index in [1.165, 1.54) is 0 Å². The Morgan fingerprint density at radius 2 is 2.17 bits per heavy atom. The third kappa shape index (κ3) is 2.51. The van der Waals surface area contributed by atoms with Crippen LogP contribution in [-0.2, 0) is 0 Å². The van der Waals surface area contributed by atoms with Crippen molar-refractivity contribution in [2.24, 2.45) is 0 Å². The van der Waals surface area contributed by atoms with Gasteiger partial charge in [-0.2, -0.15) is 0 Å². The average molecular weight is 355 g/mol. The lowest BCUT2D eigenvalue weighted by Gasteiger charge is -2.23. The molecule has 0 amide bonds. The number of nitrogens with zero attached hydrogens (tertiary/aromatic N) is 2. The summed E-state index contributed by atoms with van der Waals surface area (Å²) in [6.07, 6.45) is 0. The van der Waals surface area contributed by atoms with Gasteiger partial charge in [-0.3, -0.25) is 15.2 Å². The van der Waals surface area contributed by atoms with E-state index >= 15 is 0 Å². The molecule has 1 aromatic heterocycles. The van der Waals surface area contributed by atoms with Gasteiger partial charge in [-0.15, -0.1) is 5.10 Å². The van der Waals surface area contributed by atoms with Crippen LogP contribution in [0.4, 0.5) is 0 Å². The number of fused-ring (bicyclic) bond motifs is 1. The summed E-state index contributed by atoms with van der Waals surface area (Å²) in [5.41, 5.74) is 1.68. The molecule has 9 heteroatoms. The molecule has 120 valence electrons. The van der Waals surface area contributed by atoms with E-state index in [4.69, 9.17) is 27.9 Å². The Labute approximate surface area is 141 Å². The zero-order valence-corrected chi connectivity index (χ0v) is 13.7. The summed E-state index contributed by atoms with van der Waals surface area (Å²) in [5.74, 6) is -0.404. The maximum Gasteiger partial charge on any atom is 0.317 e. The predicted molar refractivity (Wildman–Crippen MR) is 85.3 cm³/mol. The summed E-state index contributed by atoms with van der Waals surface area (Å²) in [6.45, 7) is 1.77. The van der Waals surface area contributed by atoms with Crippen LogP contribution < -0.4 is 10.1 Å².